The van der Waals surface area contributed by atoms with Crippen molar-refractivity contribution in [2.45, 2.75) is 169 Å². The second-order valence-corrected chi connectivity index (χ2v) is 29.6. The first-order valence-electron chi connectivity index (χ1n) is 19.9. The molecule has 2 aliphatic rings. The van der Waals surface area contributed by atoms with Crippen LogP contribution in [0, 0.1) is 35.5 Å². The molecule has 0 saturated heterocycles. The largest absolute Gasteiger partial charge is 0.475 e. The van der Waals surface area contributed by atoms with Crippen LogP contribution in [0.2, 0.25) is 36.3 Å². The Hall–Kier alpha value is -1.29. The minimum atomic E-state index is -3.88. The number of ether oxygens (including phenoxy) is 1. The summed E-state index contributed by atoms with van der Waals surface area (Å²) in [6.07, 6.45) is 14.1. The van der Waals surface area contributed by atoms with Gasteiger partial charge in [0.2, 0.25) is 0 Å². The van der Waals surface area contributed by atoms with Crippen LogP contribution in [0.25, 0.3) is 0 Å². The number of hydrogen-bond donors (Lipinski definition) is 0. The van der Waals surface area contributed by atoms with Gasteiger partial charge in [0.1, 0.15) is 6.10 Å². The first-order chi connectivity index (χ1) is 24.4. The van der Waals surface area contributed by atoms with E-state index in [4.69, 9.17) is 27.2 Å². The number of rotatable bonds is 19. The maximum Gasteiger partial charge on any atom is 0.475 e. The first kappa shape index (κ1) is 47.9. The van der Waals surface area contributed by atoms with Crippen LogP contribution in [-0.4, -0.2) is 61.2 Å². The molecule has 0 aromatic rings. The van der Waals surface area contributed by atoms with Crippen molar-refractivity contribution in [3.8, 4) is 11.8 Å². The molecule has 0 bridgehead atoms. The van der Waals surface area contributed by atoms with E-state index in [0.717, 1.165) is 37.7 Å². The van der Waals surface area contributed by atoms with Gasteiger partial charge < -0.3 is 13.6 Å². The Balaban J connectivity index is 2.49. The summed E-state index contributed by atoms with van der Waals surface area (Å²) in [6.45, 7) is 33.7. The smallest absolute Gasteiger partial charge is 0.459 e. The maximum absolute atomic E-state index is 13.4. The highest BCUT2D eigenvalue weighted by Crippen LogP contribution is 2.54. The Morgan fingerprint density at radius 3 is 2.15 bits per heavy atom. The first-order valence-corrected chi connectivity index (χ1v) is 27.2. The monoisotopic (exact) mass is 794 g/mol. The molecule has 304 valence electrons. The number of allylic oxidation sites excluding steroid dienone is 3. The number of phosphoric acid groups is 1. The van der Waals surface area contributed by atoms with Gasteiger partial charge in [0.05, 0.1) is 32.5 Å². The number of fused-ring (bicyclic) bond motifs is 1. The van der Waals surface area contributed by atoms with Gasteiger partial charge in [0, 0.05) is 18.3 Å². The molecule has 11 heteroatoms. The van der Waals surface area contributed by atoms with Gasteiger partial charge in [0.15, 0.2) is 16.6 Å². The van der Waals surface area contributed by atoms with E-state index in [9.17, 15) is 9.36 Å². The number of carbonyl (C=O) groups is 1. The number of esters is 1. The highest BCUT2D eigenvalue weighted by atomic mass is 31.2. The summed E-state index contributed by atoms with van der Waals surface area (Å²) < 4.78 is 49.3. The summed E-state index contributed by atoms with van der Waals surface area (Å²) >= 11 is 0. The van der Waals surface area contributed by atoms with Crippen LogP contribution in [0.4, 0.5) is 0 Å². The van der Waals surface area contributed by atoms with Crippen LogP contribution in [0.3, 0.4) is 0 Å². The second-order valence-electron chi connectivity index (χ2n) is 18.4. The van der Waals surface area contributed by atoms with E-state index in [-0.39, 0.29) is 41.4 Å². The summed E-state index contributed by atoms with van der Waals surface area (Å²) in [5.74, 6) is 6.01. The van der Waals surface area contributed by atoms with Crippen molar-refractivity contribution in [1.29, 1.82) is 0 Å². The number of phosphoric ester groups is 1. The van der Waals surface area contributed by atoms with Crippen molar-refractivity contribution < 1.29 is 36.5 Å². The summed E-state index contributed by atoms with van der Waals surface area (Å²) in [6, 6.07) is 0. The van der Waals surface area contributed by atoms with Crippen molar-refractivity contribution in [2.75, 3.05) is 20.3 Å². The zero-order valence-corrected chi connectivity index (χ0v) is 39.1. The summed E-state index contributed by atoms with van der Waals surface area (Å²) in [5, 5.41) is 0.192. The topological polar surface area (TPSA) is 89.5 Å². The average Bonchev–Trinajstić information content (AvgIpc) is 3.53. The molecule has 0 aliphatic heterocycles. The number of hydrogen-bond acceptors (Lipinski definition) is 8. The van der Waals surface area contributed by atoms with Gasteiger partial charge in [-0.3, -0.25) is 13.6 Å². The molecular formula is C42H75O8PSi2. The molecule has 0 unspecified atom stereocenters. The van der Waals surface area contributed by atoms with Gasteiger partial charge >= 0.3 is 13.8 Å². The molecule has 0 radical (unpaired) electrons. The lowest BCUT2D eigenvalue weighted by atomic mass is 9.88. The van der Waals surface area contributed by atoms with Gasteiger partial charge in [-0.15, -0.1) is 0 Å². The number of carbonyl (C=O) groups excluding carboxylic acids is 1. The van der Waals surface area contributed by atoms with Crippen molar-refractivity contribution in [2.24, 2.45) is 23.7 Å². The normalized spacial score (nSPS) is 22.8. The Kier molecular flexibility index (Phi) is 18.3. The summed E-state index contributed by atoms with van der Waals surface area (Å²) in [4.78, 5) is 12.0. The van der Waals surface area contributed by atoms with Crippen molar-refractivity contribution in [3.05, 3.63) is 35.5 Å². The van der Waals surface area contributed by atoms with Crippen molar-refractivity contribution in [3.63, 3.8) is 0 Å². The van der Waals surface area contributed by atoms with E-state index in [1.54, 1.807) is 13.8 Å². The van der Waals surface area contributed by atoms with Gasteiger partial charge in [-0.25, -0.2) is 9.36 Å². The van der Waals surface area contributed by atoms with E-state index in [1.807, 2.05) is 0 Å². The molecule has 0 aromatic heterocycles. The van der Waals surface area contributed by atoms with Gasteiger partial charge in [-0.2, -0.15) is 0 Å². The van der Waals surface area contributed by atoms with Crippen molar-refractivity contribution in [1.82, 2.24) is 0 Å². The third-order valence-corrected chi connectivity index (χ3v) is 22.3. The Morgan fingerprint density at radius 1 is 1.02 bits per heavy atom. The average molecular weight is 795 g/mol. The van der Waals surface area contributed by atoms with Gasteiger partial charge in [0.25, 0.3) is 0 Å². The minimum absolute atomic E-state index is 0.0247. The molecule has 1 fully saturated rings. The SMILES string of the molecule is CCOP(=O)(OCC)O[C@@H](C#CC(=O)OC)CC1=C[C@H]2C[C@@H](O[Si](C)(C)C(C)(C)C)[C@H](/C=C/[C@H](C[C@H](C)CCC=C(C)C)O[Si](C)(C)C(C)(C)C)[C@H]2C1. The number of methoxy groups -OCH3 is 1. The third kappa shape index (κ3) is 15.0. The lowest BCUT2D eigenvalue weighted by Gasteiger charge is -2.40. The fourth-order valence-corrected chi connectivity index (χ4v) is 10.6. The fourth-order valence-electron chi connectivity index (χ4n) is 6.67. The Bertz CT molecular complexity index is 1380. The predicted octanol–water partition coefficient (Wildman–Crippen LogP) is 11.8. The van der Waals surface area contributed by atoms with Crippen LogP contribution < -0.4 is 0 Å². The van der Waals surface area contributed by atoms with Crippen LogP contribution in [0.1, 0.15) is 115 Å². The highest BCUT2D eigenvalue weighted by Gasteiger charge is 2.49. The molecule has 2 aliphatic carbocycles. The van der Waals surface area contributed by atoms with Crippen molar-refractivity contribution >= 4 is 30.4 Å². The fraction of sp³-hybridized carbons (Fsp3) is 0.786. The second kappa shape index (κ2) is 20.2. The Morgan fingerprint density at radius 2 is 1.62 bits per heavy atom. The third-order valence-electron chi connectivity index (χ3n) is 11.6. The van der Waals surface area contributed by atoms with Crippen LogP contribution in [-0.2, 0) is 36.5 Å². The predicted molar refractivity (Wildman–Crippen MR) is 224 cm³/mol. The molecule has 0 N–H and O–H groups in total. The van der Waals surface area contributed by atoms with E-state index >= 15 is 0 Å². The van der Waals surface area contributed by atoms with E-state index < -0.39 is 36.5 Å². The molecule has 0 amide bonds. The van der Waals surface area contributed by atoms with Gasteiger partial charge in [-0.1, -0.05) is 89.8 Å². The molecule has 1 saturated carbocycles. The summed E-state index contributed by atoms with van der Waals surface area (Å²) in [7, 11) is -6.72. The molecule has 53 heavy (non-hydrogen) atoms. The van der Waals surface area contributed by atoms with E-state index in [0.29, 0.717) is 24.2 Å². The lowest BCUT2D eigenvalue weighted by Crippen LogP contribution is -2.45. The lowest BCUT2D eigenvalue weighted by molar-refractivity contribution is -0.133. The molecule has 0 aromatic carbocycles. The molecule has 7 atom stereocenters. The molecular weight excluding hydrogens is 720 g/mol. The summed E-state index contributed by atoms with van der Waals surface area (Å²) in [5.41, 5.74) is 2.53. The molecule has 2 rings (SSSR count). The van der Waals surface area contributed by atoms with Crippen LogP contribution in [0.15, 0.2) is 35.5 Å². The van der Waals surface area contributed by atoms with Gasteiger partial charge in [-0.05, 0) is 114 Å². The van der Waals surface area contributed by atoms with Crippen LogP contribution >= 0.6 is 7.82 Å². The molecule has 8 nitrogen and oxygen atoms in total. The highest BCUT2D eigenvalue weighted by molar-refractivity contribution is 7.48. The zero-order valence-electron chi connectivity index (χ0n) is 36.2. The standard InChI is InChI=1S/C42H75O8PSi2/c1-17-46-51(44,47-18-2)48-35(23-25-40(43)45-12)28-33-27-34-30-39(50-53(15,16)42(9,10)11)37(38(34)29-33)24-22-36(49-52(13,14)41(6,7)8)26-32(5)21-19-20-31(3)4/h20,22,24,27,32,34-39H,17-19,21,26,28-30H2,1-16H3/b24-22+/t32-,34+,35+,36-,37-,38+,39-/m1/s1. The van der Waals surface area contributed by atoms with E-state index in [1.165, 1.54) is 12.7 Å². The maximum atomic E-state index is 13.4. The quantitative estimate of drug-likeness (QED) is 0.0319. The Labute approximate surface area is 326 Å². The molecule has 0 spiro atoms. The molecule has 0 heterocycles. The zero-order chi connectivity index (χ0) is 40.4. The van der Waals surface area contributed by atoms with Crippen LogP contribution in [0.5, 0.6) is 0 Å². The van der Waals surface area contributed by atoms with E-state index in [2.05, 4.69) is 125 Å². The minimum Gasteiger partial charge on any atom is -0.459 e.